The molecule has 0 saturated carbocycles. The third kappa shape index (κ3) is 6.21. The molecule has 0 unspecified atom stereocenters. The molecule has 1 saturated heterocycles. The van der Waals surface area contributed by atoms with E-state index in [0.29, 0.717) is 0 Å². The van der Waals surface area contributed by atoms with Crippen molar-refractivity contribution in [1.82, 2.24) is 9.55 Å². The molecule has 0 amide bonds. The second-order valence-electron chi connectivity index (χ2n) is 9.48. The zero-order valence-electron chi connectivity index (χ0n) is 22.4. The van der Waals surface area contributed by atoms with Gasteiger partial charge in [-0.25, -0.2) is 19.2 Å². The van der Waals surface area contributed by atoms with Crippen LogP contribution in [-0.4, -0.2) is 52.4 Å². The number of hydrogen-bond donors (Lipinski definition) is 1. The van der Waals surface area contributed by atoms with Gasteiger partial charge in [0, 0.05) is 11.8 Å². The summed E-state index contributed by atoms with van der Waals surface area (Å²) in [5, 5.41) is 0. The Hall–Kier alpha value is -5.29. The predicted octanol–water partition coefficient (Wildman–Crippen LogP) is 3.05. The van der Waals surface area contributed by atoms with Crippen molar-refractivity contribution in [2.45, 2.75) is 31.5 Å². The van der Waals surface area contributed by atoms with Crippen LogP contribution in [0.15, 0.2) is 107 Å². The van der Waals surface area contributed by atoms with Gasteiger partial charge >= 0.3 is 23.6 Å². The molecule has 1 N–H and O–H groups in total. The number of aromatic amines is 1. The molecule has 0 spiro atoms. The fourth-order valence-corrected chi connectivity index (χ4v) is 4.46. The molecular formula is C31H26N2O9. The number of nitrogens with one attached hydrogen (secondary N) is 1. The Morgan fingerprint density at radius 1 is 0.738 bits per heavy atom. The van der Waals surface area contributed by atoms with Crippen molar-refractivity contribution in [3.8, 4) is 0 Å². The van der Waals surface area contributed by atoms with Crippen LogP contribution in [0.4, 0.5) is 0 Å². The zero-order chi connectivity index (χ0) is 29.6. The van der Waals surface area contributed by atoms with E-state index in [2.05, 4.69) is 4.98 Å². The molecule has 1 fully saturated rings. The Balaban J connectivity index is 1.52. The summed E-state index contributed by atoms with van der Waals surface area (Å²) in [4.78, 5) is 66.2. The van der Waals surface area contributed by atoms with E-state index in [-0.39, 0.29) is 22.3 Å². The summed E-state index contributed by atoms with van der Waals surface area (Å²) in [6.07, 6.45) is -3.96. The largest absolute Gasteiger partial charge is 0.459 e. The third-order valence-electron chi connectivity index (χ3n) is 6.60. The molecule has 4 aromatic rings. The van der Waals surface area contributed by atoms with Gasteiger partial charge in [-0.05, 0) is 43.3 Å². The van der Waals surface area contributed by atoms with Gasteiger partial charge in [-0.3, -0.25) is 14.3 Å². The molecule has 1 aromatic heterocycles. The van der Waals surface area contributed by atoms with Crippen LogP contribution in [-0.2, 0) is 18.9 Å². The lowest BCUT2D eigenvalue weighted by Crippen LogP contribution is -2.43. The second kappa shape index (κ2) is 12.5. The number of esters is 3. The van der Waals surface area contributed by atoms with Crippen molar-refractivity contribution >= 4 is 17.9 Å². The first kappa shape index (κ1) is 28.2. The molecule has 11 heteroatoms. The maximum absolute atomic E-state index is 13.2. The normalized spacial score (nSPS) is 19.5. The van der Waals surface area contributed by atoms with Crippen molar-refractivity contribution < 1.29 is 33.3 Å². The molecule has 11 nitrogen and oxygen atoms in total. The first-order valence-corrected chi connectivity index (χ1v) is 13.0. The molecule has 0 bridgehead atoms. The summed E-state index contributed by atoms with van der Waals surface area (Å²) in [5.74, 6) is -2.19. The highest BCUT2D eigenvalue weighted by molar-refractivity contribution is 5.91. The summed E-state index contributed by atoms with van der Waals surface area (Å²) in [7, 11) is 0. The number of rotatable bonds is 8. The number of hydrogen-bond acceptors (Lipinski definition) is 9. The minimum Gasteiger partial charge on any atom is -0.459 e. The summed E-state index contributed by atoms with van der Waals surface area (Å²) in [5.41, 5.74) is -0.564. The Morgan fingerprint density at radius 3 is 1.74 bits per heavy atom. The maximum Gasteiger partial charge on any atom is 0.338 e. The quantitative estimate of drug-likeness (QED) is 0.250. The maximum atomic E-state index is 13.2. The molecule has 1 aliphatic rings. The molecule has 1 aliphatic heterocycles. The van der Waals surface area contributed by atoms with Gasteiger partial charge in [-0.2, -0.15) is 0 Å². The van der Waals surface area contributed by atoms with E-state index in [0.717, 1.165) is 4.57 Å². The fraction of sp³-hybridized carbons (Fsp3) is 0.194. The van der Waals surface area contributed by atoms with E-state index >= 15 is 0 Å². The highest BCUT2D eigenvalue weighted by atomic mass is 16.7. The van der Waals surface area contributed by atoms with Crippen molar-refractivity contribution in [2.75, 3.05) is 6.61 Å². The summed E-state index contributed by atoms with van der Waals surface area (Å²) in [6, 6.07) is 24.4. The number of aromatic nitrogens is 2. The van der Waals surface area contributed by atoms with Crippen molar-refractivity contribution in [1.29, 1.82) is 0 Å². The highest BCUT2D eigenvalue weighted by Crippen LogP contribution is 2.34. The number of carbonyl (C=O) groups excluding carboxylic acids is 3. The van der Waals surface area contributed by atoms with E-state index in [1.54, 1.807) is 78.9 Å². The monoisotopic (exact) mass is 570 g/mol. The summed E-state index contributed by atoms with van der Waals surface area (Å²) >= 11 is 0. The number of H-pyrrole nitrogens is 1. The van der Waals surface area contributed by atoms with Crippen LogP contribution in [0, 0.1) is 6.92 Å². The topological polar surface area (TPSA) is 143 Å². The molecule has 4 atom stereocenters. The summed E-state index contributed by atoms with van der Waals surface area (Å²) in [6.45, 7) is 1.08. The molecule has 2 heterocycles. The van der Waals surface area contributed by atoms with Crippen LogP contribution >= 0.6 is 0 Å². The lowest BCUT2D eigenvalue weighted by atomic mass is 10.1. The smallest absolute Gasteiger partial charge is 0.338 e. The average Bonchev–Trinajstić information content (AvgIpc) is 3.34. The van der Waals surface area contributed by atoms with Gasteiger partial charge in [-0.15, -0.1) is 0 Å². The van der Waals surface area contributed by atoms with Crippen LogP contribution < -0.4 is 11.2 Å². The number of nitrogens with zero attached hydrogens (tertiary/aromatic N) is 1. The second-order valence-corrected chi connectivity index (χ2v) is 9.48. The van der Waals surface area contributed by atoms with E-state index < -0.39 is 60.3 Å². The zero-order valence-corrected chi connectivity index (χ0v) is 22.4. The lowest BCUT2D eigenvalue weighted by Gasteiger charge is -2.25. The molecule has 0 radical (unpaired) electrons. The van der Waals surface area contributed by atoms with Crippen molar-refractivity contribution in [3.63, 3.8) is 0 Å². The Kier molecular flexibility index (Phi) is 8.39. The van der Waals surface area contributed by atoms with Crippen LogP contribution in [0.25, 0.3) is 0 Å². The Bertz CT molecular complexity index is 1680. The fourth-order valence-electron chi connectivity index (χ4n) is 4.46. The Labute approximate surface area is 239 Å². The summed E-state index contributed by atoms with van der Waals surface area (Å²) < 4.78 is 24.3. The average molecular weight is 571 g/mol. The first-order valence-electron chi connectivity index (χ1n) is 13.0. The van der Waals surface area contributed by atoms with Gasteiger partial charge in [0.15, 0.2) is 18.4 Å². The van der Waals surface area contributed by atoms with Gasteiger partial charge in [0.1, 0.15) is 12.7 Å². The van der Waals surface area contributed by atoms with Gasteiger partial charge < -0.3 is 18.9 Å². The van der Waals surface area contributed by atoms with E-state index in [9.17, 15) is 24.0 Å². The molecular weight excluding hydrogens is 544 g/mol. The van der Waals surface area contributed by atoms with Crippen molar-refractivity contribution in [3.05, 3.63) is 140 Å². The SMILES string of the molecule is Cc1cn([C@@H]2O[C@@H](COC(=O)c3ccccc3)[C@H](OC(=O)c3ccccc3)[C@H]2OC(=O)c2ccccc2)c(=O)[nH]c1=O. The highest BCUT2D eigenvalue weighted by Gasteiger charge is 2.51. The van der Waals surface area contributed by atoms with Crippen LogP contribution in [0.5, 0.6) is 0 Å². The standard InChI is InChI=1S/C31H26N2O9/c1-19-17-33(31(38)32-26(19)34)27-25(42-30(37)22-15-9-4-10-16-22)24(41-29(36)21-13-7-3-8-14-21)23(40-27)18-39-28(35)20-11-5-2-6-12-20/h2-17,23-25,27H,18H2,1H3,(H,32,34,38)/t23-,24-,25+,27+/m0/s1. The van der Waals surface area contributed by atoms with Crippen LogP contribution in [0.3, 0.4) is 0 Å². The first-order chi connectivity index (χ1) is 20.3. The van der Waals surface area contributed by atoms with Crippen molar-refractivity contribution in [2.24, 2.45) is 0 Å². The van der Waals surface area contributed by atoms with E-state index in [1.165, 1.54) is 25.3 Å². The van der Waals surface area contributed by atoms with E-state index in [4.69, 9.17) is 18.9 Å². The minimum absolute atomic E-state index is 0.183. The van der Waals surface area contributed by atoms with Crippen LogP contribution in [0.1, 0.15) is 42.9 Å². The van der Waals surface area contributed by atoms with Gasteiger partial charge in [0.2, 0.25) is 0 Å². The number of carbonyl (C=O) groups is 3. The number of aryl methyl sites for hydroxylation is 1. The predicted molar refractivity (Wildman–Crippen MR) is 148 cm³/mol. The lowest BCUT2D eigenvalue weighted by molar-refractivity contribution is -0.0640. The third-order valence-corrected chi connectivity index (χ3v) is 6.60. The van der Waals surface area contributed by atoms with Crippen LogP contribution in [0.2, 0.25) is 0 Å². The van der Waals surface area contributed by atoms with Gasteiger partial charge in [-0.1, -0.05) is 54.6 Å². The van der Waals surface area contributed by atoms with Gasteiger partial charge in [0.05, 0.1) is 16.7 Å². The van der Waals surface area contributed by atoms with E-state index in [1.807, 2.05) is 0 Å². The Morgan fingerprint density at radius 2 is 1.21 bits per heavy atom. The molecule has 3 aromatic carbocycles. The van der Waals surface area contributed by atoms with Gasteiger partial charge in [0.25, 0.3) is 5.56 Å². The molecule has 5 rings (SSSR count). The molecule has 214 valence electrons. The number of benzene rings is 3. The number of ether oxygens (including phenoxy) is 4. The molecule has 0 aliphatic carbocycles. The minimum atomic E-state index is -1.38. The molecule has 42 heavy (non-hydrogen) atoms.